The largest absolute Gasteiger partial charge is 0.480 e. The lowest BCUT2D eigenvalue weighted by molar-refractivity contribution is -0.135. The summed E-state index contributed by atoms with van der Waals surface area (Å²) in [4.78, 5) is 22.8. The van der Waals surface area contributed by atoms with E-state index in [0.717, 1.165) is 0 Å². The predicted molar refractivity (Wildman–Crippen MR) is 59.9 cm³/mol. The Balaban J connectivity index is 2.96. The van der Waals surface area contributed by atoms with Crippen LogP contribution >= 0.6 is 0 Å². The third-order valence-corrected chi connectivity index (χ3v) is 1.95. The second-order valence-corrected chi connectivity index (χ2v) is 3.27. The molecule has 86 valence electrons. The van der Waals surface area contributed by atoms with E-state index in [2.05, 4.69) is 0 Å². The highest BCUT2D eigenvalue weighted by Gasteiger charge is 2.14. The highest BCUT2D eigenvalue weighted by atomic mass is 16.4. The maximum atomic E-state index is 10.8. The summed E-state index contributed by atoms with van der Waals surface area (Å²) in [6.07, 6.45) is 0. The molecule has 0 fully saturated rings. The minimum atomic E-state index is -1.05. The fourth-order valence-electron chi connectivity index (χ4n) is 1.35. The Bertz CT molecular complexity index is 390. The SMILES string of the molecule is NC(=O)CN(CC(=O)O)c1ccccc1N. The summed E-state index contributed by atoms with van der Waals surface area (Å²) in [6.45, 7) is -0.502. The van der Waals surface area contributed by atoms with Crippen LogP contribution in [0.2, 0.25) is 0 Å². The van der Waals surface area contributed by atoms with Crippen molar-refractivity contribution >= 4 is 23.3 Å². The molecule has 6 heteroatoms. The summed E-state index contributed by atoms with van der Waals surface area (Å²) >= 11 is 0. The molecule has 1 rings (SSSR count). The van der Waals surface area contributed by atoms with Gasteiger partial charge in [-0.2, -0.15) is 0 Å². The molecule has 0 spiro atoms. The minimum absolute atomic E-state index is 0.180. The molecule has 0 atom stereocenters. The molecule has 16 heavy (non-hydrogen) atoms. The van der Waals surface area contributed by atoms with Crippen LogP contribution in [0.1, 0.15) is 0 Å². The van der Waals surface area contributed by atoms with Crippen LogP contribution in [0.5, 0.6) is 0 Å². The standard InChI is InChI=1S/C10H13N3O3/c11-7-3-1-2-4-8(7)13(5-9(12)14)6-10(15)16/h1-4H,5-6,11H2,(H2,12,14)(H,15,16). The van der Waals surface area contributed by atoms with E-state index in [9.17, 15) is 9.59 Å². The van der Waals surface area contributed by atoms with Gasteiger partial charge in [0.2, 0.25) is 5.91 Å². The molecule has 0 aromatic heterocycles. The molecule has 0 saturated heterocycles. The van der Waals surface area contributed by atoms with Crippen LogP contribution in [0.3, 0.4) is 0 Å². The lowest BCUT2D eigenvalue weighted by Gasteiger charge is -2.22. The molecule has 5 N–H and O–H groups in total. The van der Waals surface area contributed by atoms with E-state index >= 15 is 0 Å². The Morgan fingerprint density at radius 2 is 1.88 bits per heavy atom. The number of nitrogen functional groups attached to an aromatic ring is 1. The van der Waals surface area contributed by atoms with Crippen LogP contribution in [-0.4, -0.2) is 30.1 Å². The van der Waals surface area contributed by atoms with Gasteiger partial charge in [-0.15, -0.1) is 0 Å². The summed E-state index contributed by atoms with van der Waals surface area (Å²) in [5.74, 6) is -1.66. The lowest BCUT2D eigenvalue weighted by atomic mass is 10.2. The van der Waals surface area contributed by atoms with Gasteiger partial charge in [-0.25, -0.2) is 0 Å². The number of anilines is 2. The van der Waals surface area contributed by atoms with Crippen molar-refractivity contribution in [1.82, 2.24) is 0 Å². The number of carboxylic acid groups (broad SMARTS) is 1. The predicted octanol–water partition coefficient (Wildman–Crippen LogP) is -0.355. The highest BCUT2D eigenvalue weighted by molar-refractivity contribution is 5.85. The van der Waals surface area contributed by atoms with Crippen LogP contribution in [0, 0.1) is 0 Å². The van der Waals surface area contributed by atoms with Gasteiger partial charge in [0.05, 0.1) is 17.9 Å². The number of hydrogen-bond acceptors (Lipinski definition) is 4. The second-order valence-electron chi connectivity index (χ2n) is 3.27. The normalized spacial score (nSPS) is 9.75. The number of carbonyl (C=O) groups excluding carboxylic acids is 1. The van der Waals surface area contributed by atoms with Crippen LogP contribution in [0.15, 0.2) is 24.3 Å². The van der Waals surface area contributed by atoms with Crippen molar-refractivity contribution < 1.29 is 14.7 Å². The quantitative estimate of drug-likeness (QED) is 0.591. The van der Waals surface area contributed by atoms with E-state index in [-0.39, 0.29) is 13.1 Å². The van der Waals surface area contributed by atoms with Crippen molar-refractivity contribution in [2.45, 2.75) is 0 Å². The Labute approximate surface area is 92.4 Å². The molecular formula is C10H13N3O3. The number of aliphatic carboxylic acids is 1. The molecule has 6 nitrogen and oxygen atoms in total. The van der Waals surface area contributed by atoms with E-state index in [4.69, 9.17) is 16.6 Å². The van der Waals surface area contributed by atoms with Crippen molar-refractivity contribution in [3.8, 4) is 0 Å². The van der Waals surface area contributed by atoms with Crippen molar-refractivity contribution in [2.24, 2.45) is 5.73 Å². The van der Waals surface area contributed by atoms with Crippen LogP contribution in [0.4, 0.5) is 11.4 Å². The maximum absolute atomic E-state index is 10.8. The Kier molecular flexibility index (Phi) is 3.71. The van der Waals surface area contributed by atoms with Crippen LogP contribution in [0.25, 0.3) is 0 Å². The van der Waals surface area contributed by atoms with Crippen molar-refractivity contribution in [3.05, 3.63) is 24.3 Å². The van der Waals surface area contributed by atoms with Gasteiger partial charge in [0.15, 0.2) is 0 Å². The van der Waals surface area contributed by atoms with E-state index < -0.39 is 11.9 Å². The topological polar surface area (TPSA) is 110 Å². The molecular weight excluding hydrogens is 210 g/mol. The average molecular weight is 223 g/mol. The van der Waals surface area contributed by atoms with Gasteiger partial charge in [0.25, 0.3) is 0 Å². The number of para-hydroxylation sites is 2. The van der Waals surface area contributed by atoms with Gasteiger partial charge >= 0.3 is 5.97 Å². The number of primary amides is 1. The molecule has 0 aliphatic rings. The van der Waals surface area contributed by atoms with Crippen molar-refractivity contribution in [1.29, 1.82) is 0 Å². The summed E-state index contributed by atoms with van der Waals surface area (Å²) in [7, 11) is 0. The zero-order valence-corrected chi connectivity index (χ0v) is 8.59. The van der Waals surface area contributed by atoms with E-state index in [0.29, 0.717) is 11.4 Å². The zero-order chi connectivity index (χ0) is 12.1. The molecule has 1 aromatic carbocycles. The first-order valence-corrected chi connectivity index (χ1v) is 4.60. The first-order chi connectivity index (χ1) is 7.50. The molecule has 0 aliphatic heterocycles. The van der Waals surface area contributed by atoms with Gasteiger partial charge in [0.1, 0.15) is 6.54 Å². The van der Waals surface area contributed by atoms with Crippen molar-refractivity contribution in [2.75, 3.05) is 23.7 Å². The van der Waals surface area contributed by atoms with Gasteiger partial charge in [-0.05, 0) is 12.1 Å². The van der Waals surface area contributed by atoms with E-state index in [1.54, 1.807) is 24.3 Å². The number of nitrogens with two attached hydrogens (primary N) is 2. The maximum Gasteiger partial charge on any atom is 0.323 e. The van der Waals surface area contributed by atoms with Gasteiger partial charge in [0, 0.05) is 0 Å². The summed E-state index contributed by atoms with van der Waals surface area (Å²) in [5, 5.41) is 8.71. The number of hydrogen-bond donors (Lipinski definition) is 3. The molecule has 0 saturated carbocycles. The molecule has 0 radical (unpaired) electrons. The first-order valence-electron chi connectivity index (χ1n) is 4.60. The average Bonchev–Trinajstić information content (AvgIpc) is 2.15. The third kappa shape index (κ3) is 3.16. The first kappa shape index (κ1) is 11.8. The summed E-state index contributed by atoms with van der Waals surface area (Å²) in [6, 6.07) is 6.70. The Morgan fingerprint density at radius 1 is 1.25 bits per heavy atom. The lowest BCUT2D eigenvalue weighted by Crippen LogP contribution is -2.37. The number of benzene rings is 1. The Morgan fingerprint density at radius 3 is 2.38 bits per heavy atom. The number of nitrogens with zero attached hydrogens (tertiary/aromatic N) is 1. The zero-order valence-electron chi connectivity index (χ0n) is 8.59. The minimum Gasteiger partial charge on any atom is -0.480 e. The number of carboxylic acids is 1. The van der Waals surface area contributed by atoms with Crippen molar-refractivity contribution in [3.63, 3.8) is 0 Å². The molecule has 0 bridgehead atoms. The van der Waals surface area contributed by atoms with Gasteiger partial charge < -0.3 is 21.5 Å². The van der Waals surface area contributed by atoms with Crippen LogP contribution in [-0.2, 0) is 9.59 Å². The van der Waals surface area contributed by atoms with E-state index in [1.165, 1.54) is 4.90 Å². The van der Waals surface area contributed by atoms with Gasteiger partial charge in [-0.3, -0.25) is 9.59 Å². The monoisotopic (exact) mass is 223 g/mol. The van der Waals surface area contributed by atoms with Crippen LogP contribution < -0.4 is 16.4 Å². The number of carbonyl (C=O) groups is 2. The summed E-state index contributed by atoms with van der Waals surface area (Å²) < 4.78 is 0. The highest BCUT2D eigenvalue weighted by Crippen LogP contribution is 2.21. The molecule has 0 heterocycles. The molecule has 1 aromatic rings. The molecule has 0 aliphatic carbocycles. The summed E-state index contributed by atoms with van der Waals surface area (Å²) in [5.41, 5.74) is 11.6. The third-order valence-electron chi connectivity index (χ3n) is 1.95. The number of amides is 1. The fraction of sp³-hybridized carbons (Fsp3) is 0.200. The smallest absolute Gasteiger partial charge is 0.323 e. The fourth-order valence-corrected chi connectivity index (χ4v) is 1.35. The Hall–Kier alpha value is -2.24. The van der Waals surface area contributed by atoms with Gasteiger partial charge in [-0.1, -0.05) is 12.1 Å². The molecule has 0 unspecified atom stereocenters. The molecule has 1 amide bonds. The number of rotatable bonds is 5. The second kappa shape index (κ2) is 5.01. The van der Waals surface area contributed by atoms with E-state index in [1.807, 2.05) is 0 Å².